The summed E-state index contributed by atoms with van der Waals surface area (Å²) in [6.45, 7) is 7.76. The third kappa shape index (κ3) is 7.08. The largest absolute Gasteiger partial charge is 0.369 e. The lowest BCUT2D eigenvalue weighted by molar-refractivity contribution is -0.122. The van der Waals surface area contributed by atoms with Crippen molar-refractivity contribution >= 4 is 41.7 Å². The molecule has 1 saturated heterocycles. The van der Waals surface area contributed by atoms with Gasteiger partial charge in [-0.05, 0) is 38.3 Å². The molecule has 1 amide bonds. The Hall–Kier alpha value is -2.36. The monoisotopic (exact) mass is 550 g/mol. The first-order valence-electron chi connectivity index (χ1n) is 11.0. The lowest BCUT2D eigenvalue weighted by atomic mass is 9.97. The Labute approximate surface area is 208 Å². The van der Waals surface area contributed by atoms with Crippen molar-refractivity contribution < 1.29 is 4.79 Å². The minimum absolute atomic E-state index is 0. The predicted octanol–water partition coefficient (Wildman–Crippen LogP) is 3.31. The molecule has 0 radical (unpaired) electrons. The Morgan fingerprint density at radius 2 is 2.06 bits per heavy atom. The van der Waals surface area contributed by atoms with Gasteiger partial charge in [0.1, 0.15) is 5.82 Å². The first-order chi connectivity index (χ1) is 15.0. The highest BCUT2D eigenvalue weighted by Gasteiger charge is 2.26. The number of carbonyl (C=O) groups excluding carboxylic acids is 1. The molecule has 0 aliphatic carbocycles. The number of nitrogens with two attached hydrogens (primary N) is 1. The average Bonchev–Trinajstić information content (AvgIpc) is 2.78. The van der Waals surface area contributed by atoms with Crippen LogP contribution in [0.4, 0.5) is 5.82 Å². The van der Waals surface area contributed by atoms with Gasteiger partial charge in [-0.25, -0.2) is 9.98 Å². The third-order valence-electron chi connectivity index (χ3n) is 5.63. The lowest BCUT2D eigenvalue weighted by Crippen LogP contribution is -2.42. The first-order valence-corrected chi connectivity index (χ1v) is 11.0. The zero-order valence-corrected chi connectivity index (χ0v) is 21.6. The molecular formula is C24H35IN6O. The Kier molecular flexibility index (Phi) is 10.2. The minimum Gasteiger partial charge on any atom is -0.369 e. The fourth-order valence-electron chi connectivity index (χ4n) is 3.91. The van der Waals surface area contributed by atoms with E-state index in [1.807, 2.05) is 13.1 Å². The number of aliphatic imine (C=N–C) groups is 1. The molecule has 3 rings (SSSR count). The quantitative estimate of drug-likeness (QED) is 0.314. The summed E-state index contributed by atoms with van der Waals surface area (Å²) in [6.07, 6.45) is 3.58. The van der Waals surface area contributed by atoms with Crippen LogP contribution in [0.3, 0.4) is 0 Å². The molecule has 1 aliphatic rings. The second-order valence-corrected chi connectivity index (χ2v) is 8.19. The number of guanidine groups is 1. The van der Waals surface area contributed by atoms with Crippen LogP contribution in [0, 0.1) is 12.8 Å². The van der Waals surface area contributed by atoms with Crippen LogP contribution in [-0.2, 0) is 17.9 Å². The molecule has 0 spiro atoms. The lowest BCUT2D eigenvalue weighted by Gasteiger charge is -2.33. The number of aromatic nitrogens is 1. The highest BCUT2D eigenvalue weighted by Crippen LogP contribution is 2.25. The summed E-state index contributed by atoms with van der Waals surface area (Å²) in [4.78, 5) is 25.5. The number of nitrogens with zero attached hydrogens (tertiary/aromatic N) is 4. The number of halogens is 1. The summed E-state index contributed by atoms with van der Waals surface area (Å²) in [5, 5.41) is 3.39. The third-order valence-corrected chi connectivity index (χ3v) is 5.63. The van der Waals surface area contributed by atoms with Crippen LogP contribution in [0.2, 0.25) is 0 Å². The number of carbonyl (C=O) groups is 1. The van der Waals surface area contributed by atoms with Crippen molar-refractivity contribution in [2.45, 2.75) is 39.8 Å². The Morgan fingerprint density at radius 1 is 1.31 bits per heavy atom. The van der Waals surface area contributed by atoms with Crippen molar-refractivity contribution in [3.05, 3.63) is 59.3 Å². The van der Waals surface area contributed by atoms with E-state index in [1.165, 1.54) is 11.1 Å². The first kappa shape index (κ1) is 25.9. The summed E-state index contributed by atoms with van der Waals surface area (Å²) in [5.41, 5.74) is 9.11. The van der Waals surface area contributed by atoms with Crippen LogP contribution in [0.1, 0.15) is 36.5 Å². The summed E-state index contributed by atoms with van der Waals surface area (Å²) in [7, 11) is 2.05. The molecule has 2 aromatic rings. The van der Waals surface area contributed by atoms with Gasteiger partial charge in [-0.2, -0.15) is 0 Å². The molecular weight excluding hydrogens is 515 g/mol. The molecule has 3 N–H and O–H groups in total. The van der Waals surface area contributed by atoms with E-state index in [1.54, 1.807) is 6.20 Å². The van der Waals surface area contributed by atoms with E-state index in [2.05, 4.69) is 64.3 Å². The average molecular weight is 550 g/mol. The number of piperidine rings is 1. The highest BCUT2D eigenvalue weighted by atomic mass is 127. The van der Waals surface area contributed by atoms with Gasteiger partial charge in [-0.1, -0.05) is 35.9 Å². The molecule has 8 heteroatoms. The number of benzene rings is 1. The van der Waals surface area contributed by atoms with Gasteiger partial charge >= 0.3 is 0 Å². The van der Waals surface area contributed by atoms with Gasteiger partial charge < -0.3 is 20.9 Å². The van der Waals surface area contributed by atoms with Gasteiger partial charge in [0, 0.05) is 45.0 Å². The van der Waals surface area contributed by atoms with Crippen LogP contribution in [0.15, 0.2) is 47.6 Å². The van der Waals surface area contributed by atoms with Gasteiger partial charge in [0.25, 0.3) is 0 Å². The van der Waals surface area contributed by atoms with Gasteiger partial charge in [0.2, 0.25) is 5.91 Å². The molecule has 2 heterocycles. The molecule has 7 nitrogen and oxygen atoms in total. The number of primary amides is 1. The minimum atomic E-state index is -0.229. The fourth-order valence-corrected chi connectivity index (χ4v) is 3.91. The molecule has 174 valence electrons. The van der Waals surface area contributed by atoms with E-state index >= 15 is 0 Å². The molecule has 1 fully saturated rings. The smallest absolute Gasteiger partial charge is 0.222 e. The number of hydrogen-bond acceptors (Lipinski definition) is 4. The number of nitrogens with one attached hydrogen (secondary N) is 1. The molecule has 0 saturated carbocycles. The Morgan fingerprint density at radius 3 is 2.75 bits per heavy atom. The Bertz CT molecular complexity index is 902. The van der Waals surface area contributed by atoms with E-state index in [9.17, 15) is 4.79 Å². The summed E-state index contributed by atoms with van der Waals surface area (Å²) < 4.78 is 0. The van der Waals surface area contributed by atoms with E-state index < -0.39 is 0 Å². The number of amides is 1. The number of anilines is 1. The maximum atomic E-state index is 11.7. The predicted molar refractivity (Wildman–Crippen MR) is 141 cm³/mol. The van der Waals surface area contributed by atoms with E-state index in [-0.39, 0.29) is 35.8 Å². The van der Waals surface area contributed by atoms with E-state index in [0.717, 1.165) is 49.8 Å². The van der Waals surface area contributed by atoms with Gasteiger partial charge in [0.15, 0.2) is 5.96 Å². The molecule has 1 atom stereocenters. The summed E-state index contributed by atoms with van der Waals surface area (Å²) in [5.74, 6) is 1.40. The van der Waals surface area contributed by atoms with Crippen LogP contribution in [0.5, 0.6) is 0 Å². The number of aryl methyl sites for hydroxylation is 1. The second kappa shape index (κ2) is 12.6. The van der Waals surface area contributed by atoms with E-state index in [0.29, 0.717) is 13.1 Å². The number of pyridine rings is 1. The van der Waals surface area contributed by atoms with Crippen molar-refractivity contribution in [3.8, 4) is 0 Å². The molecule has 32 heavy (non-hydrogen) atoms. The zero-order chi connectivity index (χ0) is 22.2. The summed E-state index contributed by atoms with van der Waals surface area (Å²) in [6, 6.07) is 12.6. The maximum Gasteiger partial charge on any atom is 0.222 e. The van der Waals surface area contributed by atoms with Crippen molar-refractivity contribution in [1.82, 2.24) is 15.2 Å². The highest BCUT2D eigenvalue weighted by molar-refractivity contribution is 14.0. The van der Waals surface area contributed by atoms with Gasteiger partial charge in [0.05, 0.1) is 12.5 Å². The van der Waals surface area contributed by atoms with E-state index in [4.69, 9.17) is 10.7 Å². The second-order valence-electron chi connectivity index (χ2n) is 8.19. The van der Waals surface area contributed by atoms with Crippen molar-refractivity contribution in [2.75, 3.05) is 31.6 Å². The standard InChI is InChI=1S/C24H34N6O.HI/c1-4-26-24(29(3)16-19-11-9-18(2)10-12-19)28-15-20-7-5-13-27-23(20)30-14-6-8-21(17-30)22(25)31;/h5,7,9-13,21H,4,6,8,14-17H2,1-3H3,(H2,25,31)(H,26,28);1H. The molecule has 1 aromatic heterocycles. The van der Waals surface area contributed by atoms with Crippen molar-refractivity contribution in [3.63, 3.8) is 0 Å². The SMILES string of the molecule is CCNC(=NCc1cccnc1N1CCCC(C(N)=O)C1)N(C)Cc1ccc(C)cc1.I. The number of hydrogen-bond donors (Lipinski definition) is 2. The van der Waals surface area contributed by atoms with Crippen LogP contribution < -0.4 is 16.0 Å². The topological polar surface area (TPSA) is 86.9 Å². The van der Waals surface area contributed by atoms with Crippen molar-refractivity contribution in [1.29, 1.82) is 0 Å². The Balaban J connectivity index is 0.00000363. The fraction of sp³-hybridized carbons (Fsp3) is 0.458. The number of rotatable bonds is 7. The summed E-state index contributed by atoms with van der Waals surface area (Å²) >= 11 is 0. The molecule has 1 aromatic carbocycles. The van der Waals surface area contributed by atoms with Crippen LogP contribution >= 0.6 is 24.0 Å². The van der Waals surface area contributed by atoms with Crippen LogP contribution in [0.25, 0.3) is 0 Å². The van der Waals surface area contributed by atoms with Crippen LogP contribution in [-0.4, -0.2) is 48.4 Å². The molecule has 0 bridgehead atoms. The maximum absolute atomic E-state index is 11.7. The molecule has 1 aliphatic heterocycles. The van der Waals surface area contributed by atoms with Gasteiger partial charge in [-0.15, -0.1) is 24.0 Å². The van der Waals surface area contributed by atoms with Crippen molar-refractivity contribution in [2.24, 2.45) is 16.6 Å². The van der Waals surface area contributed by atoms with Gasteiger partial charge in [-0.3, -0.25) is 4.79 Å². The molecule has 1 unspecified atom stereocenters. The normalized spacial score (nSPS) is 16.3. The zero-order valence-electron chi connectivity index (χ0n) is 19.3.